The number of rotatable bonds is 16. The maximum absolute atomic E-state index is 13.8. The minimum absolute atomic E-state index is 0.0281. The molecule has 1 saturated heterocycles. The number of thiol groups is 1. The summed E-state index contributed by atoms with van der Waals surface area (Å²) < 4.78 is 0. The average Bonchev–Trinajstić information content (AvgIpc) is 3.47. The Bertz CT molecular complexity index is 1190. The van der Waals surface area contributed by atoms with Gasteiger partial charge in [-0.15, -0.1) is 0 Å². The predicted molar refractivity (Wildman–Crippen MR) is 167 cm³/mol. The Morgan fingerprint density at radius 3 is 2.23 bits per heavy atom. The molecule has 0 bridgehead atoms. The molecule has 1 heterocycles. The van der Waals surface area contributed by atoms with E-state index >= 15 is 0 Å². The van der Waals surface area contributed by atoms with Gasteiger partial charge in [-0.2, -0.15) is 12.6 Å². The van der Waals surface area contributed by atoms with Crippen molar-refractivity contribution in [2.45, 2.75) is 76.2 Å². The smallest absolute Gasteiger partial charge is 0.327 e. The number of guanidine groups is 1. The van der Waals surface area contributed by atoms with Crippen LogP contribution in [0, 0.1) is 5.92 Å². The van der Waals surface area contributed by atoms with Crippen molar-refractivity contribution in [2.75, 3.05) is 18.8 Å². The normalized spacial score (nSPS) is 17.2. The highest BCUT2D eigenvalue weighted by Gasteiger charge is 2.39. The molecular formula is C28H44N8O7S. The quantitative estimate of drug-likeness (QED) is 0.0436. The van der Waals surface area contributed by atoms with E-state index in [0.29, 0.717) is 24.8 Å². The average molecular weight is 637 g/mol. The van der Waals surface area contributed by atoms with Crippen LogP contribution in [0.25, 0.3) is 0 Å². The van der Waals surface area contributed by atoms with Gasteiger partial charge in [0.2, 0.25) is 23.6 Å². The van der Waals surface area contributed by atoms with Crippen LogP contribution in [-0.2, 0) is 30.4 Å². The SMILES string of the molecule is CC(C)C(N)C(=O)NC(Cc1ccc(O)cc1)C(=O)NC(CCCN=C(N)N)C(=O)N1CCCC1C(=O)NC(CS)C(=O)O. The lowest BCUT2D eigenvalue weighted by Crippen LogP contribution is -2.59. The van der Waals surface area contributed by atoms with Crippen LogP contribution >= 0.6 is 12.6 Å². The number of aliphatic imine (C=N–C) groups is 1. The molecule has 0 radical (unpaired) electrons. The zero-order chi connectivity index (χ0) is 33.0. The van der Waals surface area contributed by atoms with Gasteiger partial charge in [-0.1, -0.05) is 26.0 Å². The summed E-state index contributed by atoms with van der Waals surface area (Å²) in [5.41, 5.74) is 17.5. The molecule has 0 aromatic heterocycles. The highest BCUT2D eigenvalue weighted by Crippen LogP contribution is 2.20. The van der Waals surface area contributed by atoms with Crippen molar-refractivity contribution >= 4 is 48.2 Å². The fourth-order valence-corrected chi connectivity index (χ4v) is 4.89. The van der Waals surface area contributed by atoms with Crippen molar-refractivity contribution in [3.63, 3.8) is 0 Å². The van der Waals surface area contributed by atoms with E-state index in [1.807, 2.05) is 0 Å². The molecule has 4 amide bonds. The van der Waals surface area contributed by atoms with Crippen LogP contribution in [0.1, 0.15) is 45.1 Å². The van der Waals surface area contributed by atoms with Crippen molar-refractivity contribution in [1.82, 2.24) is 20.9 Å². The fourth-order valence-electron chi connectivity index (χ4n) is 4.64. The summed E-state index contributed by atoms with van der Waals surface area (Å²) >= 11 is 3.97. The Morgan fingerprint density at radius 2 is 1.66 bits per heavy atom. The van der Waals surface area contributed by atoms with Gasteiger partial charge in [-0.3, -0.25) is 24.2 Å². The van der Waals surface area contributed by atoms with Crippen LogP contribution in [0.15, 0.2) is 29.3 Å². The van der Waals surface area contributed by atoms with Crippen LogP contribution in [0.2, 0.25) is 0 Å². The molecule has 16 heteroatoms. The molecule has 15 nitrogen and oxygen atoms in total. The van der Waals surface area contributed by atoms with E-state index in [0.717, 1.165) is 0 Å². The van der Waals surface area contributed by atoms with Gasteiger partial charge >= 0.3 is 5.97 Å². The molecule has 244 valence electrons. The topological polar surface area (TPSA) is 256 Å². The van der Waals surface area contributed by atoms with Crippen LogP contribution in [-0.4, -0.2) is 99.7 Å². The van der Waals surface area contributed by atoms with Crippen molar-refractivity contribution in [2.24, 2.45) is 28.1 Å². The zero-order valence-electron chi connectivity index (χ0n) is 24.9. The van der Waals surface area contributed by atoms with E-state index in [-0.39, 0.29) is 49.3 Å². The van der Waals surface area contributed by atoms with Gasteiger partial charge in [-0.25, -0.2) is 4.79 Å². The predicted octanol–water partition coefficient (Wildman–Crippen LogP) is -1.57. The second-order valence-corrected chi connectivity index (χ2v) is 11.3. The molecule has 2 rings (SSSR count). The number of benzene rings is 1. The lowest BCUT2D eigenvalue weighted by Gasteiger charge is -2.30. The summed E-state index contributed by atoms with van der Waals surface area (Å²) in [4.78, 5) is 70.0. The Labute approximate surface area is 261 Å². The number of aliphatic carboxylic acids is 1. The minimum atomic E-state index is -1.26. The maximum atomic E-state index is 13.8. The van der Waals surface area contributed by atoms with Crippen molar-refractivity contribution in [1.29, 1.82) is 0 Å². The number of nitrogens with one attached hydrogen (secondary N) is 3. The summed E-state index contributed by atoms with van der Waals surface area (Å²) in [6.07, 6.45) is 1.23. The summed E-state index contributed by atoms with van der Waals surface area (Å²) in [7, 11) is 0. The molecule has 44 heavy (non-hydrogen) atoms. The number of phenols is 1. The van der Waals surface area contributed by atoms with E-state index in [2.05, 4.69) is 33.6 Å². The monoisotopic (exact) mass is 636 g/mol. The number of carbonyl (C=O) groups excluding carboxylic acids is 4. The number of nitrogens with zero attached hydrogens (tertiary/aromatic N) is 2. The molecule has 5 unspecified atom stereocenters. The van der Waals surface area contributed by atoms with Gasteiger partial charge in [0.15, 0.2) is 5.96 Å². The van der Waals surface area contributed by atoms with Crippen LogP contribution in [0.5, 0.6) is 5.75 Å². The maximum Gasteiger partial charge on any atom is 0.327 e. The second kappa shape index (κ2) is 17.3. The van der Waals surface area contributed by atoms with Gasteiger partial charge in [0, 0.05) is 25.3 Å². The van der Waals surface area contributed by atoms with E-state index in [4.69, 9.17) is 17.2 Å². The number of carbonyl (C=O) groups is 5. The molecule has 0 aliphatic carbocycles. The summed E-state index contributed by atoms with van der Waals surface area (Å²) in [6.45, 7) is 3.92. The number of carboxylic acids is 1. The molecule has 0 spiro atoms. The summed E-state index contributed by atoms with van der Waals surface area (Å²) in [5.74, 6) is -4.11. The van der Waals surface area contributed by atoms with Gasteiger partial charge in [0.25, 0.3) is 0 Å². The van der Waals surface area contributed by atoms with Crippen molar-refractivity contribution in [3.8, 4) is 5.75 Å². The third-order valence-electron chi connectivity index (χ3n) is 7.23. The largest absolute Gasteiger partial charge is 0.508 e. The number of hydrogen-bond acceptors (Lipinski definition) is 9. The molecule has 11 N–H and O–H groups in total. The number of aromatic hydroxyl groups is 1. The Morgan fingerprint density at radius 1 is 1.02 bits per heavy atom. The van der Waals surface area contributed by atoms with Crippen LogP contribution in [0.3, 0.4) is 0 Å². The number of amides is 4. The molecule has 0 saturated carbocycles. The lowest BCUT2D eigenvalue weighted by molar-refractivity contribution is -0.144. The Balaban J connectivity index is 2.32. The van der Waals surface area contributed by atoms with Crippen molar-refractivity contribution < 1.29 is 34.2 Å². The first-order valence-corrected chi connectivity index (χ1v) is 15.0. The number of carboxylic acid groups (broad SMARTS) is 1. The van der Waals surface area contributed by atoms with E-state index in [1.54, 1.807) is 26.0 Å². The number of hydrogen-bond donors (Lipinski definition) is 9. The van der Waals surface area contributed by atoms with Gasteiger partial charge in [0.1, 0.15) is 29.9 Å². The van der Waals surface area contributed by atoms with Crippen LogP contribution < -0.4 is 33.2 Å². The molecular weight excluding hydrogens is 592 g/mol. The molecule has 1 aliphatic rings. The number of phenolic OH excluding ortho intramolecular Hbond substituents is 1. The third kappa shape index (κ3) is 10.9. The third-order valence-corrected chi connectivity index (χ3v) is 7.59. The first-order chi connectivity index (χ1) is 20.7. The Hall–Kier alpha value is -4.05. The van der Waals surface area contributed by atoms with E-state index < -0.39 is 59.8 Å². The van der Waals surface area contributed by atoms with Crippen LogP contribution in [0.4, 0.5) is 0 Å². The van der Waals surface area contributed by atoms with Gasteiger partial charge in [-0.05, 0) is 49.3 Å². The molecule has 1 aromatic carbocycles. The zero-order valence-corrected chi connectivity index (χ0v) is 25.8. The molecule has 5 atom stereocenters. The van der Waals surface area contributed by atoms with E-state index in [1.165, 1.54) is 17.0 Å². The lowest BCUT2D eigenvalue weighted by atomic mass is 10.0. The highest BCUT2D eigenvalue weighted by molar-refractivity contribution is 7.80. The molecule has 1 fully saturated rings. The van der Waals surface area contributed by atoms with E-state index in [9.17, 15) is 34.2 Å². The summed E-state index contributed by atoms with van der Waals surface area (Å²) in [6, 6.07) is 0.773. The first-order valence-electron chi connectivity index (χ1n) is 14.4. The summed E-state index contributed by atoms with van der Waals surface area (Å²) in [5, 5.41) is 26.8. The van der Waals surface area contributed by atoms with Crippen molar-refractivity contribution in [3.05, 3.63) is 29.8 Å². The Kier molecular flexibility index (Phi) is 14.2. The van der Waals surface area contributed by atoms with Gasteiger partial charge < -0.3 is 48.3 Å². The standard InChI is InChI=1S/C28H44N8O7S/c1-15(2)22(29)25(40)34-19(13-16-7-9-17(37)10-8-16)23(38)33-18(5-3-11-32-28(30)31)26(41)36-12-4-6-21(36)24(39)35-20(14-44)27(42)43/h7-10,15,18-22,37,44H,3-6,11-14,29H2,1-2H3,(H,33,38)(H,34,40)(H,35,39)(H,42,43)(H4,30,31,32). The highest BCUT2D eigenvalue weighted by atomic mass is 32.1. The van der Waals surface area contributed by atoms with Gasteiger partial charge in [0.05, 0.1) is 6.04 Å². The first kappa shape index (κ1) is 36.1. The number of nitrogens with two attached hydrogens (primary N) is 3. The fraction of sp³-hybridized carbons (Fsp3) is 0.571. The second-order valence-electron chi connectivity index (χ2n) is 11.0. The number of likely N-dealkylation sites (tertiary alicyclic amines) is 1. The molecule has 1 aliphatic heterocycles. The minimum Gasteiger partial charge on any atom is -0.508 e. The molecule has 1 aromatic rings.